The molecule has 2 atom stereocenters. The fourth-order valence-corrected chi connectivity index (χ4v) is 4.19. The quantitative estimate of drug-likeness (QED) is 0.647. The maximum atomic E-state index is 12.5. The number of methoxy groups -OCH3 is 1. The Kier molecular flexibility index (Phi) is 7.86. The zero-order chi connectivity index (χ0) is 20.7. The Morgan fingerprint density at radius 1 is 1.14 bits per heavy atom. The Balaban J connectivity index is 1.92. The van der Waals surface area contributed by atoms with E-state index in [0.717, 1.165) is 12.8 Å². The summed E-state index contributed by atoms with van der Waals surface area (Å²) in [5.74, 6) is -0.0117. The van der Waals surface area contributed by atoms with Crippen molar-refractivity contribution in [1.29, 1.82) is 0 Å². The lowest BCUT2D eigenvalue weighted by atomic mass is 10.1. The van der Waals surface area contributed by atoms with Crippen LogP contribution in [0.15, 0.2) is 53.4 Å². The molecule has 0 saturated heterocycles. The van der Waals surface area contributed by atoms with Crippen molar-refractivity contribution in [3.63, 3.8) is 0 Å². The van der Waals surface area contributed by atoms with Gasteiger partial charge < -0.3 is 10.1 Å². The number of aryl methyl sites for hydroxylation is 1. The third-order valence-corrected chi connectivity index (χ3v) is 6.09. The monoisotopic (exact) mass is 424 g/mol. The third kappa shape index (κ3) is 6.22. The highest BCUT2D eigenvalue weighted by Gasteiger charge is 2.23. The molecule has 0 unspecified atom stereocenters. The molecule has 6 nitrogen and oxygen atoms in total. The minimum atomic E-state index is -3.89. The summed E-state index contributed by atoms with van der Waals surface area (Å²) in [6.07, 6.45) is 1.58. The van der Waals surface area contributed by atoms with E-state index in [0.29, 0.717) is 5.75 Å². The normalized spacial score (nSPS) is 13.6. The first-order valence-electron chi connectivity index (χ1n) is 8.93. The first-order valence-corrected chi connectivity index (χ1v) is 10.8. The molecule has 8 heteroatoms. The van der Waals surface area contributed by atoms with Crippen LogP contribution in [0.4, 0.5) is 0 Å². The van der Waals surface area contributed by atoms with Crippen molar-refractivity contribution in [2.24, 2.45) is 0 Å². The van der Waals surface area contributed by atoms with Crippen LogP contribution < -0.4 is 14.8 Å². The lowest BCUT2D eigenvalue weighted by Gasteiger charge is -2.19. The van der Waals surface area contributed by atoms with Gasteiger partial charge in [-0.1, -0.05) is 41.9 Å². The Bertz CT molecular complexity index is 904. The van der Waals surface area contributed by atoms with Gasteiger partial charge in [0.2, 0.25) is 15.9 Å². The van der Waals surface area contributed by atoms with Gasteiger partial charge in [-0.15, -0.1) is 0 Å². The number of halogens is 1. The van der Waals surface area contributed by atoms with Crippen LogP contribution in [0.3, 0.4) is 0 Å². The van der Waals surface area contributed by atoms with Gasteiger partial charge in [-0.05, 0) is 50.5 Å². The molecular formula is C20H25ClN2O4S. The molecule has 0 aromatic heterocycles. The number of rotatable bonds is 9. The third-order valence-electron chi connectivity index (χ3n) is 4.26. The van der Waals surface area contributed by atoms with E-state index in [1.165, 1.54) is 37.8 Å². The Morgan fingerprint density at radius 3 is 2.43 bits per heavy atom. The number of ether oxygens (including phenoxy) is 1. The highest BCUT2D eigenvalue weighted by molar-refractivity contribution is 7.89. The number of hydrogen-bond donors (Lipinski definition) is 2. The van der Waals surface area contributed by atoms with Gasteiger partial charge in [-0.2, -0.15) is 4.72 Å². The number of carbonyl (C=O) groups is 1. The van der Waals surface area contributed by atoms with E-state index in [9.17, 15) is 13.2 Å². The number of benzene rings is 2. The van der Waals surface area contributed by atoms with E-state index in [1.54, 1.807) is 0 Å². The average Bonchev–Trinajstić information content (AvgIpc) is 2.66. The predicted molar refractivity (Wildman–Crippen MR) is 110 cm³/mol. The summed E-state index contributed by atoms with van der Waals surface area (Å²) in [6, 6.07) is 13.1. The number of sulfonamides is 1. The van der Waals surface area contributed by atoms with Crippen molar-refractivity contribution in [1.82, 2.24) is 10.0 Å². The van der Waals surface area contributed by atoms with Crippen molar-refractivity contribution >= 4 is 27.5 Å². The summed E-state index contributed by atoms with van der Waals surface area (Å²) in [5.41, 5.74) is 1.19. The first-order chi connectivity index (χ1) is 13.2. The van der Waals surface area contributed by atoms with Gasteiger partial charge in [0.05, 0.1) is 23.1 Å². The first kappa shape index (κ1) is 22.2. The standard InChI is InChI=1S/C20H25ClN2O4S/c1-14(9-10-16-7-5-4-6-8-16)22-20(24)15(2)23-28(25,26)17-11-12-19(27-3)18(21)13-17/h4-8,11-15,23H,9-10H2,1-3H3,(H,22,24)/t14-,15+/m1/s1. The fourth-order valence-electron chi connectivity index (χ4n) is 2.64. The fraction of sp³-hybridized carbons (Fsp3) is 0.350. The molecule has 2 aromatic rings. The highest BCUT2D eigenvalue weighted by atomic mass is 35.5. The van der Waals surface area contributed by atoms with Crippen molar-refractivity contribution < 1.29 is 17.9 Å². The van der Waals surface area contributed by atoms with Crippen molar-refractivity contribution in [2.75, 3.05) is 7.11 Å². The summed E-state index contributed by atoms with van der Waals surface area (Å²) < 4.78 is 32.4. The van der Waals surface area contributed by atoms with Crippen molar-refractivity contribution in [2.45, 2.75) is 43.7 Å². The summed E-state index contributed by atoms with van der Waals surface area (Å²) in [6.45, 7) is 3.40. The van der Waals surface area contributed by atoms with Gasteiger partial charge in [0.15, 0.2) is 0 Å². The maximum Gasteiger partial charge on any atom is 0.241 e. The van der Waals surface area contributed by atoms with Crippen LogP contribution in [-0.2, 0) is 21.2 Å². The average molecular weight is 425 g/mol. The van der Waals surface area contributed by atoms with Crippen LogP contribution in [0.25, 0.3) is 0 Å². The molecule has 2 N–H and O–H groups in total. The molecule has 0 aliphatic rings. The van der Waals surface area contributed by atoms with Gasteiger partial charge in [0, 0.05) is 6.04 Å². The van der Waals surface area contributed by atoms with Crippen LogP contribution in [0.5, 0.6) is 5.75 Å². The van der Waals surface area contributed by atoms with Crippen LogP contribution >= 0.6 is 11.6 Å². The van der Waals surface area contributed by atoms with Gasteiger partial charge in [-0.25, -0.2) is 8.42 Å². The number of nitrogens with one attached hydrogen (secondary N) is 2. The molecular weight excluding hydrogens is 400 g/mol. The van der Waals surface area contributed by atoms with E-state index in [-0.39, 0.29) is 21.9 Å². The lowest BCUT2D eigenvalue weighted by Crippen LogP contribution is -2.47. The van der Waals surface area contributed by atoms with E-state index < -0.39 is 16.1 Å². The summed E-state index contributed by atoms with van der Waals surface area (Å²) in [4.78, 5) is 12.3. The second-order valence-corrected chi connectivity index (χ2v) is 8.69. The predicted octanol–water partition coefficient (Wildman–Crippen LogP) is 3.15. The van der Waals surface area contributed by atoms with E-state index in [2.05, 4.69) is 10.0 Å². The summed E-state index contributed by atoms with van der Waals surface area (Å²) in [5, 5.41) is 3.02. The zero-order valence-electron chi connectivity index (χ0n) is 16.1. The number of hydrogen-bond acceptors (Lipinski definition) is 4. The molecule has 0 heterocycles. The van der Waals surface area contributed by atoms with Gasteiger partial charge in [0.25, 0.3) is 0 Å². The minimum absolute atomic E-state index is 0.0323. The second kappa shape index (κ2) is 9.91. The highest BCUT2D eigenvalue weighted by Crippen LogP contribution is 2.26. The Morgan fingerprint density at radius 2 is 1.82 bits per heavy atom. The molecule has 2 rings (SSSR count). The van der Waals surface area contributed by atoms with E-state index in [4.69, 9.17) is 16.3 Å². The molecule has 0 bridgehead atoms. The number of carbonyl (C=O) groups excluding carboxylic acids is 1. The van der Waals surface area contributed by atoms with E-state index in [1.807, 2.05) is 37.3 Å². The Labute approximate surface area is 171 Å². The summed E-state index contributed by atoms with van der Waals surface area (Å²) >= 11 is 5.99. The van der Waals surface area contributed by atoms with Crippen LogP contribution in [0.2, 0.25) is 5.02 Å². The zero-order valence-corrected chi connectivity index (χ0v) is 17.7. The molecule has 28 heavy (non-hydrogen) atoms. The second-order valence-electron chi connectivity index (χ2n) is 6.57. The van der Waals surface area contributed by atoms with Gasteiger partial charge in [-0.3, -0.25) is 4.79 Å². The summed E-state index contributed by atoms with van der Waals surface area (Å²) in [7, 11) is -2.45. The lowest BCUT2D eigenvalue weighted by molar-refractivity contribution is -0.123. The topological polar surface area (TPSA) is 84.5 Å². The van der Waals surface area contributed by atoms with Crippen molar-refractivity contribution in [3.8, 4) is 5.75 Å². The van der Waals surface area contributed by atoms with Crippen molar-refractivity contribution in [3.05, 3.63) is 59.1 Å². The smallest absolute Gasteiger partial charge is 0.241 e. The molecule has 0 aliphatic carbocycles. The van der Waals surface area contributed by atoms with E-state index >= 15 is 0 Å². The van der Waals surface area contributed by atoms with Crippen LogP contribution in [0, 0.1) is 0 Å². The molecule has 152 valence electrons. The molecule has 0 aliphatic heterocycles. The molecule has 1 amide bonds. The molecule has 0 fully saturated rings. The van der Waals surface area contributed by atoms with Gasteiger partial charge >= 0.3 is 0 Å². The molecule has 0 saturated carbocycles. The Hall–Kier alpha value is -2.09. The van der Waals surface area contributed by atoms with Gasteiger partial charge in [0.1, 0.15) is 5.75 Å². The molecule has 0 radical (unpaired) electrons. The SMILES string of the molecule is COc1ccc(S(=O)(=O)N[C@@H](C)C(=O)N[C@H](C)CCc2ccccc2)cc1Cl. The maximum absolute atomic E-state index is 12.5. The number of amides is 1. The molecule has 2 aromatic carbocycles. The van der Waals surface area contributed by atoms with Crippen LogP contribution in [-0.4, -0.2) is 33.5 Å². The molecule has 0 spiro atoms. The minimum Gasteiger partial charge on any atom is -0.495 e. The van der Waals surface area contributed by atoms with Crippen LogP contribution in [0.1, 0.15) is 25.8 Å². The largest absolute Gasteiger partial charge is 0.495 e.